The molecule has 2 aliphatic rings. The van der Waals surface area contributed by atoms with Crippen LogP contribution in [0.2, 0.25) is 0 Å². The number of nitrogens with one attached hydrogen (secondary N) is 2. The van der Waals surface area contributed by atoms with Crippen LogP contribution >= 0.6 is 0 Å². The number of esters is 1. The van der Waals surface area contributed by atoms with Gasteiger partial charge in [-0.15, -0.1) is 0 Å². The van der Waals surface area contributed by atoms with E-state index in [-0.39, 0.29) is 22.9 Å². The Bertz CT molecular complexity index is 1210. The van der Waals surface area contributed by atoms with Crippen LogP contribution < -0.4 is 15.8 Å². The molecule has 1 saturated heterocycles. The molecule has 4 rings (SSSR count). The van der Waals surface area contributed by atoms with E-state index < -0.39 is 28.5 Å². The number of benzene rings is 2. The van der Waals surface area contributed by atoms with E-state index in [1.165, 1.54) is 39.7 Å². The molecule has 0 saturated carbocycles. The fourth-order valence-electron chi connectivity index (χ4n) is 3.62. The zero-order valence-corrected chi connectivity index (χ0v) is 19.1. The predicted octanol–water partition coefficient (Wildman–Crippen LogP) is 1.78. The highest BCUT2D eigenvalue weighted by molar-refractivity contribution is 7.89. The van der Waals surface area contributed by atoms with Crippen molar-refractivity contribution >= 4 is 39.2 Å². The van der Waals surface area contributed by atoms with Gasteiger partial charge in [-0.05, 0) is 55.3 Å². The fourth-order valence-corrected chi connectivity index (χ4v) is 5.13. The maximum Gasteiger partial charge on any atom is 0.356 e. The third-order valence-corrected chi connectivity index (χ3v) is 7.28. The monoisotopic (exact) mass is 484 g/mol. The molecule has 2 aromatic carbocycles. The molecule has 11 heteroatoms. The van der Waals surface area contributed by atoms with Gasteiger partial charge in [0.1, 0.15) is 5.70 Å². The molecule has 1 fully saturated rings. The van der Waals surface area contributed by atoms with Crippen LogP contribution in [-0.2, 0) is 29.1 Å². The summed E-state index contributed by atoms with van der Waals surface area (Å²) in [6, 6.07) is 14.6. The van der Waals surface area contributed by atoms with Crippen molar-refractivity contribution in [1.29, 1.82) is 0 Å². The van der Waals surface area contributed by atoms with Gasteiger partial charge in [-0.1, -0.05) is 18.2 Å². The normalized spacial score (nSPS) is 16.5. The molecule has 2 amide bonds. The minimum absolute atomic E-state index is 0.00517. The topological polar surface area (TPSA) is 125 Å². The maximum absolute atomic E-state index is 12.6. The minimum atomic E-state index is -3.54. The predicted molar refractivity (Wildman–Crippen MR) is 124 cm³/mol. The number of hydrogen-bond acceptors (Lipinski definition) is 7. The summed E-state index contributed by atoms with van der Waals surface area (Å²) in [7, 11) is -3.54. The smallest absolute Gasteiger partial charge is 0.356 e. The summed E-state index contributed by atoms with van der Waals surface area (Å²) in [5.41, 5.74) is 3.70. The third-order valence-electron chi connectivity index (χ3n) is 5.37. The Morgan fingerprint density at radius 3 is 2.35 bits per heavy atom. The highest BCUT2D eigenvalue weighted by Crippen LogP contribution is 2.22. The van der Waals surface area contributed by atoms with Gasteiger partial charge in [-0.3, -0.25) is 15.0 Å². The summed E-state index contributed by atoms with van der Waals surface area (Å²) in [6.45, 7) is 0.467. The third kappa shape index (κ3) is 5.26. The van der Waals surface area contributed by atoms with Gasteiger partial charge in [0.05, 0.1) is 10.6 Å². The van der Waals surface area contributed by atoms with Gasteiger partial charge < -0.3 is 10.1 Å². The minimum Gasteiger partial charge on any atom is -0.451 e. The lowest BCUT2D eigenvalue weighted by atomic mass is 10.2. The fraction of sp³-hybridized carbons (Fsp3) is 0.261. The molecule has 2 aromatic rings. The number of carbonyl (C=O) groups is 3. The molecule has 34 heavy (non-hydrogen) atoms. The SMILES string of the molecule is O=C(COC(=O)C1=CCC(=O)N(c2ccccc2)N1)Nc1ccc(S(=O)(=O)N2CCCC2)cc1. The molecule has 0 radical (unpaired) electrons. The lowest BCUT2D eigenvalue weighted by molar-refractivity contribution is -0.143. The average Bonchev–Trinajstić information content (AvgIpc) is 3.40. The van der Waals surface area contributed by atoms with Gasteiger partial charge in [0.25, 0.3) is 5.91 Å². The summed E-state index contributed by atoms with van der Waals surface area (Å²) >= 11 is 0. The zero-order chi connectivity index (χ0) is 24.1. The van der Waals surface area contributed by atoms with Crippen molar-refractivity contribution in [2.24, 2.45) is 0 Å². The van der Waals surface area contributed by atoms with Gasteiger partial charge in [-0.25, -0.2) is 18.2 Å². The van der Waals surface area contributed by atoms with Crippen LogP contribution in [-0.4, -0.2) is 50.2 Å². The van der Waals surface area contributed by atoms with Crippen LogP contribution in [0.4, 0.5) is 11.4 Å². The molecule has 2 aliphatic heterocycles. The van der Waals surface area contributed by atoms with Gasteiger partial charge in [0, 0.05) is 25.2 Å². The number of carbonyl (C=O) groups excluding carboxylic acids is 3. The molecular formula is C23H24N4O6S. The summed E-state index contributed by atoms with van der Waals surface area (Å²) in [4.78, 5) is 36.9. The Labute approximate surface area is 197 Å². The lowest BCUT2D eigenvalue weighted by Crippen LogP contribution is -2.47. The largest absolute Gasteiger partial charge is 0.451 e. The van der Waals surface area contributed by atoms with E-state index in [2.05, 4.69) is 10.7 Å². The van der Waals surface area contributed by atoms with Gasteiger partial charge >= 0.3 is 5.97 Å². The van der Waals surface area contributed by atoms with E-state index in [9.17, 15) is 22.8 Å². The summed E-state index contributed by atoms with van der Waals surface area (Å²) < 4.78 is 31.7. The van der Waals surface area contributed by atoms with E-state index in [0.717, 1.165) is 12.8 Å². The van der Waals surface area contributed by atoms with E-state index in [1.807, 2.05) is 6.07 Å². The second-order valence-corrected chi connectivity index (χ2v) is 9.70. The molecule has 0 aliphatic carbocycles. The van der Waals surface area contributed by atoms with E-state index in [0.29, 0.717) is 24.5 Å². The second-order valence-electron chi connectivity index (χ2n) is 7.76. The highest BCUT2D eigenvalue weighted by atomic mass is 32.2. The molecule has 0 bridgehead atoms. The number of anilines is 2. The lowest BCUT2D eigenvalue weighted by Gasteiger charge is -2.28. The number of hydrogen-bond donors (Lipinski definition) is 2. The summed E-state index contributed by atoms with van der Waals surface area (Å²) in [6.07, 6.45) is 3.10. The first-order valence-electron chi connectivity index (χ1n) is 10.8. The number of hydrazine groups is 1. The van der Waals surface area contributed by atoms with E-state index >= 15 is 0 Å². The van der Waals surface area contributed by atoms with Crippen molar-refractivity contribution < 1.29 is 27.5 Å². The van der Waals surface area contributed by atoms with Crippen molar-refractivity contribution in [3.8, 4) is 0 Å². The Balaban J connectivity index is 1.30. The van der Waals surface area contributed by atoms with Crippen LogP contribution in [0.15, 0.2) is 71.3 Å². The number of sulfonamides is 1. The van der Waals surface area contributed by atoms with Crippen molar-refractivity contribution in [3.05, 3.63) is 66.4 Å². The van der Waals surface area contributed by atoms with Gasteiger partial charge in [0.2, 0.25) is 15.9 Å². The Morgan fingerprint density at radius 2 is 1.68 bits per heavy atom. The summed E-state index contributed by atoms with van der Waals surface area (Å²) in [5, 5.41) is 3.81. The molecule has 0 atom stereocenters. The first-order valence-corrected chi connectivity index (χ1v) is 12.2. The molecule has 10 nitrogen and oxygen atoms in total. The van der Waals surface area contributed by atoms with E-state index in [1.54, 1.807) is 24.3 Å². The quantitative estimate of drug-likeness (QED) is 0.574. The van der Waals surface area contributed by atoms with Crippen molar-refractivity contribution in [3.63, 3.8) is 0 Å². The molecule has 2 heterocycles. The van der Waals surface area contributed by atoms with Gasteiger partial charge in [-0.2, -0.15) is 4.31 Å². The molecule has 178 valence electrons. The van der Waals surface area contributed by atoms with Crippen molar-refractivity contribution in [2.45, 2.75) is 24.2 Å². The molecule has 0 unspecified atom stereocenters. The molecular weight excluding hydrogens is 460 g/mol. The highest BCUT2D eigenvalue weighted by Gasteiger charge is 2.27. The average molecular weight is 485 g/mol. The number of nitrogens with zero attached hydrogens (tertiary/aromatic N) is 2. The Kier molecular flexibility index (Phi) is 6.94. The number of rotatable bonds is 7. The van der Waals surface area contributed by atoms with Crippen molar-refractivity contribution in [1.82, 2.24) is 9.73 Å². The second kappa shape index (κ2) is 10.1. The zero-order valence-electron chi connectivity index (χ0n) is 18.3. The van der Waals surface area contributed by atoms with Crippen LogP contribution in [0.5, 0.6) is 0 Å². The first-order chi connectivity index (χ1) is 16.3. The van der Waals surface area contributed by atoms with E-state index in [4.69, 9.17) is 4.74 Å². The number of para-hydroxylation sites is 1. The number of ether oxygens (including phenoxy) is 1. The van der Waals surface area contributed by atoms with Gasteiger partial charge in [0.15, 0.2) is 6.61 Å². The van der Waals surface area contributed by atoms with Crippen LogP contribution in [0.1, 0.15) is 19.3 Å². The van der Waals surface area contributed by atoms with Crippen LogP contribution in [0, 0.1) is 0 Å². The standard InChI is InChI=1S/C23H24N4O6S/c28-21(24-17-8-10-19(11-9-17)34(31,32)26-14-4-5-15-26)16-33-23(30)20-12-13-22(29)27(25-20)18-6-2-1-3-7-18/h1-3,6-12,25H,4-5,13-16H2,(H,24,28). The first kappa shape index (κ1) is 23.5. The van der Waals surface area contributed by atoms with Crippen molar-refractivity contribution in [2.75, 3.05) is 30.0 Å². The Hall–Kier alpha value is -3.70. The van der Waals surface area contributed by atoms with Crippen LogP contribution in [0.25, 0.3) is 0 Å². The molecule has 0 spiro atoms. The Morgan fingerprint density at radius 1 is 1.00 bits per heavy atom. The molecule has 2 N–H and O–H groups in total. The summed E-state index contributed by atoms with van der Waals surface area (Å²) in [5.74, 6) is -1.61. The maximum atomic E-state index is 12.6. The number of amides is 2. The van der Waals surface area contributed by atoms with Crippen LogP contribution in [0.3, 0.4) is 0 Å². The molecule has 0 aromatic heterocycles.